The maximum absolute atomic E-state index is 9.60. The maximum atomic E-state index is 9.60. The van der Waals surface area contributed by atoms with Crippen molar-refractivity contribution in [1.29, 1.82) is 0 Å². The molecule has 2 nitrogen and oxygen atoms in total. The monoisotopic (exact) mass is 146 g/mol. The number of hydrogen-bond donors (Lipinski definition) is 0. The van der Waals surface area contributed by atoms with Gasteiger partial charge in [0.15, 0.2) is 0 Å². The van der Waals surface area contributed by atoms with Crippen LogP contribution in [0.2, 0.25) is 0 Å². The van der Waals surface area contributed by atoms with Gasteiger partial charge in [-0.1, -0.05) is 0 Å². The summed E-state index contributed by atoms with van der Waals surface area (Å²) in [4.78, 5) is 9.60. The van der Waals surface area contributed by atoms with E-state index in [1.165, 1.54) is 0 Å². The molecule has 0 spiro atoms. The second-order valence-electron chi connectivity index (χ2n) is 0.437. The third-order valence-electron chi connectivity index (χ3n) is 0.116. The minimum absolute atomic E-state index is 0.220. The molecule has 0 aliphatic rings. The summed E-state index contributed by atoms with van der Waals surface area (Å²) < 4.78 is 3.84. The van der Waals surface area contributed by atoms with Crippen LogP contribution in [0.15, 0.2) is 0 Å². The van der Waals surface area contributed by atoms with Gasteiger partial charge < -0.3 is 0 Å². The van der Waals surface area contributed by atoms with Gasteiger partial charge in [0.1, 0.15) is 0 Å². The van der Waals surface area contributed by atoms with E-state index >= 15 is 0 Å². The van der Waals surface area contributed by atoms with E-state index in [9.17, 15) is 4.79 Å². The van der Waals surface area contributed by atoms with Crippen LogP contribution in [0.5, 0.6) is 0 Å². The van der Waals surface area contributed by atoms with E-state index in [1.54, 1.807) is 0 Å². The van der Waals surface area contributed by atoms with Gasteiger partial charge >= 0.3 is 41.9 Å². The fourth-order valence-electron chi connectivity index (χ4n) is 0. The molecule has 0 heterocycles. The summed E-state index contributed by atoms with van der Waals surface area (Å²) in [5, 5.41) is 0. The van der Waals surface area contributed by atoms with Crippen molar-refractivity contribution in [3.8, 4) is 0 Å². The zero-order valence-corrected chi connectivity index (χ0v) is 6.05. The molecular weight excluding hydrogens is 145 g/mol. The van der Waals surface area contributed by atoms with Crippen LogP contribution in [0.25, 0.3) is 0 Å². The summed E-state index contributed by atoms with van der Waals surface area (Å²) in [5.74, 6) is 0. The van der Waals surface area contributed by atoms with Crippen LogP contribution in [-0.4, -0.2) is 23.1 Å². The van der Waals surface area contributed by atoms with Gasteiger partial charge in [0.25, 0.3) is 0 Å². The van der Waals surface area contributed by atoms with Gasteiger partial charge in [-0.25, -0.2) is 0 Å². The zero-order valence-electron chi connectivity index (χ0n) is 2.47. The molecule has 5 heavy (non-hydrogen) atoms. The fraction of sp³-hybridized carbons (Fsp3) is 0. The fourth-order valence-corrected chi connectivity index (χ4v) is 0. The Labute approximate surface area is 42.5 Å². The van der Waals surface area contributed by atoms with Gasteiger partial charge in [-0.05, 0) is 0 Å². The van der Waals surface area contributed by atoms with E-state index in [4.69, 9.17) is 0 Å². The Kier molecular flexibility index (Phi) is 3.05. The molecular formula is CH2GaO2P. The first kappa shape index (κ1) is 5.54. The van der Waals surface area contributed by atoms with E-state index in [1.807, 2.05) is 9.47 Å². The summed E-state index contributed by atoms with van der Waals surface area (Å²) in [6.45, 7) is 0. The molecule has 0 fully saturated rings. The summed E-state index contributed by atoms with van der Waals surface area (Å²) in [6.07, 6.45) is 0. The predicted octanol–water partition coefficient (Wildman–Crippen LogP) is 0.0816. The van der Waals surface area contributed by atoms with Gasteiger partial charge in [-0.2, -0.15) is 0 Å². The van der Waals surface area contributed by atoms with Crippen LogP contribution >= 0.6 is 9.47 Å². The first-order valence-electron chi connectivity index (χ1n) is 0.933. The van der Waals surface area contributed by atoms with E-state index in [0.29, 0.717) is 0 Å². The van der Waals surface area contributed by atoms with Gasteiger partial charge in [0, 0.05) is 0 Å². The van der Waals surface area contributed by atoms with Gasteiger partial charge in [-0.3, -0.25) is 0 Å². The third-order valence-corrected chi connectivity index (χ3v) is 1.20. The van der Waals surface area contributed by atoms with Crippen molar-refractivity contribution in [2.75, 3.05) is 0 Å². The van der Waals surface area contributed by atoms with Gasteiger partial charge in [0.2, 0.25) is 0 Å². The topological polar surface area (TPSA) is 26.3 Å². The number of carbonyl (C=O) groups excluding carboxylic acids is 1. The van der Waals surface area contributed by atoms with Crippen LogP contribution in [0.4, 0.5) is 4.79 Å². The van der Waals surface area contributed by atoms with Crippen LogP contribution in [0.1, 0.15) is 0 Å². The molecule has 0 aromatic rings. The molecule has 2 radical (unpaired) electrons. The second kappa shape index (κ2) is 2.76. The molecule has 0 rings (SSSR count). The van der Waals surface area contributed by atoms with Crippen LogP contribution in [0.3, 0.4) is 0 Å². The molecule has 0 amide bonds. The Balaban J connectivity index is 2.85. The first-order valence-corrected chi connectivity index (χ1v) is 2.62. The predicted molar refractivity (Wildman–Crippen MR) is 21.9 cm³/mol. The van der Waals surface area contributed by atoms with Crippen molar-refractivity contribution < 1.29 is 9.32 Å². The molecule has 0 saturated heterocycles. The Morgan fingerprint density at radius 1 is 2.00 bits per heavy atom. The SMILES string of the molecule is O=[C]([Ga])OP. The first-order chi connectivity index (χ1) is 2.27. The van der Waals surface area contributed by atoms with Crippen LogP contribution in [-0.2, 0) is 4.52 Å². The quantitative estimate of drug-likeness (QED) is 0.358. The van der Waals surface area contributed by atoms with Gasteiger partial charge in [-0.15, -0.1) is 0 Å². The molecule has 0 saturated carbocycles. The molecule has 0 aliphatic carbocycles. The van der Waals surface area contributed by atoms with Crippen molar-refractivity contribution in [1.82, 2.24) is 0 Å². The van der Waals surface area contributed by atoms with Crippen molar-refractivity contribution in [2.24, 2.45) is 0 Å². The van der Waals surface area contributed by atoms with Crippen molar-refractivity contribution in [3.05, 3.63) is 0 Å². The van der Waals surface area contributed by atoms with Crippen molar-refractivity contribution in [2.45, 2.75) is 0 Å². The van der Waals surface area contributed by atoms with E-state index in [0.717, 1.165) is 18.6 Å². The average Bonchev–Trinajstić information content (AvgIpc) is 1.38. The van der Waals surface area contributed by atoms with E-state index < -0.39 is 0 Å². The Morgan fingerprint density at radius 3 is 2.20 bits per heavy atom. The Hall–Kier alpha value is 0.536. The number of hydrogen-bond acceptors (Lipinski definition) is 2. The summed E-state index contributed by atoms with van der Waals surface area (Å²) >= 11 is 0.957. The molecule has 0 aromatic heterocycles. The Bertz CT molecular complexity index is 44.9. The van der Waals surface area contributed by atoms with Crippen molar-refractivity contribution >= 4 is 32.6 Å². The number of rotatable bonds is 0. The summed E-state index contributed by atoms with van der Waals surface area (Å²) in [6, 6.07) is 0. The van der Waals surface area contributed by atoms with Crippen molar-refractivity contribution in [3.63, 3.8) is 0 Å². The second-order valence-corrected chi connectivity index (χ2v) is 1.66. The molecule has 0 aromatic carbocycles. The molecule has 1 unspecified atom stereocenters. The average molecular weight is 147 g/mol. The zero-order chi connectivity index (χ0) is 4.28. The van der Waals surface area contributed by atoms with Crippen LogP contribution in [0, 0.1) is 0 Å². The standard InChI is InChI=1S/CH2O2P.Ga/c2-1-3-4;/h4H2;. The third kappa shape index (κ3) is 4.54. The van der Waals surface area contributed by atoms with E-state index in [2.05, 4.69) is 4.52 Å². The normalized spacial score (nSPS) is 6.60. The Morgan fingerprint density at radius 2 is 2.20 bits per heavy atom. The molecule has 0 bridgehead atoms. The molecule has 26 valence electrons. The molecule has 4 heteroatoms. The summed E-state index contributed by atoms with van der Waals surface area (Å²) in [7, 11) is 1.86. The number of carbonyl (C=O) groups is 1. The molecule has 1 atom stereocenters. The minimum atomic E-state index is -0.220. The summed E-state index contributed by atoms with van der Waals surface area (Å²) in [5.41, 5.74) is 0. The van der Waals surface area contributed by atoms with Gasteiger partial charge in [0.05, 0.1) is 0 Å². The van der Waals surface area contributed by atoms with E-state index in [-0.39, 0.29) is 4.52 Å². The molecule has 0 N–H and O–H groups in total. The molecule has 0 aliphatic heterocycles. The van der Waals surface area contributed by atoms with Crippen LogP contribution < -0.4 is 0 Å².